The fraction of sp³-hybridized carbons (Fsp3) is 0.211. The van der Waals surface area contributed by atoms with Crippen molar-refractivity contribution in [3.8, 4) is 6.07 Å². The summed E-state index contributed by atoms with van der Waals surface area (Å²) in [6.07, 6.45) is 3.50. The van der Waals surface area contributed by atoms with Crippen molar-refractivity contribution in [1.29, 1.82) is 5.26 Å². The van der Waals surface area contributed by atoms with Crippen molar-refractivity contribution in [2.75, 3.05) is 41.3 Å². The second kappa shape index (κ2) is 7.66. The molecule has 1 fully saturated rings. The fourth-order valence-corrected chi connectivity index (χ4v) is 2.96. The van der Waals surface area contributed by atoms with E-state index in [-0.39, 0.29) is 0 Å². The fourth-order valence-electron chi connectivity index (χ4n) is 2.96. The maximum Gasteiger partial charge on any atom is 0.249 e. The van der Waals surface area contributed by atoms with Gasteiger partial charge in [0, 0.05) is 38.1 Å². The topological polar surface area (TPSA) is 93.9 Å². The molecule has 8 nitrogen and oxygen atoms in total. The first kappa shape index (κ1) is 16.7. The Balaban J connectivity index is 1.41. The van der Waals surface area contributed by atoms with Crippen LogP contribution in [-0.2, 0) is 0 Å². The molecule has 3 aromatic rings. The van der Waals surface area contributed by atoms with Gasteiger partial charge < -0.3 is 15.1 Å². The van der Waals surface area contributed by atoms with Gasteiger partial charge in [-0.2, -0.15) is 15.3 Å². The van der Waals surface area contributed by atoms with Crippen molar-refractivity contribution in [2.45, 2.75) is 0 Å². The van der Waals surface area contributed by atoms with Crippen LogP contribution in [0.5, 0.6) is 0 Å². The van der Waals surface area contributed by atoms with E-state index in [1.54, 1.807) is 18.3 Å². The van der Waals surface area contributed by atoms with Crippen LogP contribution in [0.1, 0.15) is 5.56 Å². The lowest BCUT2D eigenvalue weighted by atomic mass is 10.2. The van der Waals surface area contributed by atoms with Gasteiger partial charge in [0.05, 0.1) is 17.8 Å². The Morgan fingerprint density at radius 3 is 2.33 bits per heavy atom. The molecule has 1 aliphatic heterocycles. The summed E-state index contributed by atoms with van der Waals surface area (Å²) >= 11 is 0. The zero-order chi connectivity index (χ0) is 18.5. The van der Waals surface area contributed by atoms with Crippen LogP contribution in [0.15, 0.2) is 54.9 Å². The Morgan fingerprint density at radius 1 is 0.926 bits per heavy atom. The number of rotatable bonds is 4. The molecule has 1 aliphatic rings. The van der Waals surface area contributed by atoms with Crippen molar-refractivity contribution in [3.63, 3.8) is 0 Å². The normalized spacial score (nSPS) is 13.9. The minimum Gasteiger partial charge on any atom is -0.353 e. The van der Waals surface area contributed by atoms with Gasteiger partial charge in [0.25, 0.3) is 0 Å². The van der Waals surface area contributed by atoms with E-state index in [2.05, 4.69) is 41.4 Å². The summed E-state index contributed by atoms with van der Waals surface area (Å²) in [7, 11) is 0. The second-order valence-corrected chi connectivity index (χ2v) is 6.11. The smallest absolute Gasteiger partial charge is 0.249 e. The highest BCUT2D eigenvalue weighted by Crippen LogP contribution is 2.19. The number of nitrogens with one attached hydrogen (secondary N) is 1. The molecule has 1 saturated heterocycles. The minimum atomic E-state index is 0.435. The van der Waals surface area contributed by atoms with Gasteiger partial charge in [-0.3, -0.25) is 0 Å². The number of piperazine rings is 1. The van der Waals surface area contributed by atoms with Crippen LogP contribution in [0, 0.1) is 11.3 Å². The summed E-state index contributed by atoms with van der Waals surface area (Å²) in [5.74, 6) is 2.23. The Labute approximate surface area is 157 Å². The summed E-state index contributed by atoms with van der Waals surface area (Å²) < 4.78 is 0. The zero-order valence-electron chi connectivity index (χ0n) is 14.7. The van der Waals surface area contributed by atoms with Crippen LogP contribution >= 0.6 is 0 Å². The zero-order valence-corrected chi connectivity index (χ0v) is 14.7. The number of anilines is 4. The molecule has 2 aromatic heterocycles. The predicted molar refractivity (Wildman–Crippen MR) is 103 cm³/mol. The molecule has 0 unspecified atom stereocenters. The van der Waals surface area contributed by atoms with Crippen molar-refractivity contribution < 1.29 is 0 Å². The Bertz CT molecular complexity index is 928. The molecule has 0 saturated carbocycles. The first-order chi connectivity index (χ1) is 13.3. The maximum atomic E-state index is 8.87. The molecule has 1 N–H and O–H groups in total. The Morgan fingerprint density at radius 2 is 1.67 bits per heavy atom. The van der Waals surface area contributed by atoms with Gasteiger partial charge in [-0.15, -0.1) is 5.10 Å². The Kier molecular flexibility index (Phi) is 4.74. The van der Waals surface area contributed by atoms with Crippen LogP contribution in [0.2, 0.25) is 0 Å². The lowest BCUT2D eigenvalue weighted by Crippen LogP contribution is -2.47. The number of nitriles is 1. The third-order valence-electron chi connectivity index (χ3n) is 4.39. The van der Waals surface area contributed by atoms with Crippen molar-refractivity contribution in [1.82, 2.24) is 20.2 Å². The molecule has 0 amide bonds. The van der Waals surface area contributed by atoms with Crippen LogP contribution in [0.4, 0.5) is 23.3 Å². The van der Waals surface area contributed by atoms with Gasteiger partial charge in [0.1, 0.15) is 5.82 Å². The monoisotopic (exact) mass is 358 g/mol. The first-order valence-electron chi connectivity index (χ1n) is 8.70. The summed E-state index contributed by atoms with van der Waals surface area (Å²) in [6, 6.07) is 15.2. The summed E-state index contributed by atoms with van der Waals surface area (Å²) in [5, 5.41) is 20.1. The van der Waals surface area contributed by atoms with Gasteiger partial charge in [0.2, 0.25) is 5.95 Å². The molecule has 0 radical (unpaired) electrons. The molecule has 4 rings (SSSR count). The predicted octanol–water partition coefficient (Wildman–Crippen LogP) is 2.21. The third-order valence-corrected chi connectivity index (χ3v) is 4.39. The van der Waals surface area contributed by atoms with Crippen molar-refractivity contribution in [2.24, 2.45) is 0 Å². The number of pyridine rings is 1. The molecular formula is C19H18N8. The van der Waals surface area contributed by atoms with Crippen LogP contribution in [0.3, 0.4) is 0 Å². The van der Waals surface area contributed by atoms with Crippen LogP contribution in [-0.4, -0.2) is 46.3 Å². The van der Waals surface area contributed by atoms with Gasteiger partial charge in [-0.25, -0.2) is 4.98 Å². The molecule has 0 atom stereocenters. The van der Waals surface area contributed by atoms with E-state index in [1.807, 2.05) is 36.5 Å². The lowest BCUT2D eigenvalue weighted by molar-refractivity contribution is 0.639. The second-order valence-electron chi connectivity index (χ2n) is 6.11. The Hall–Kier alpha value is -3.73. The molecule has 1 aromatic carbocycles. The standard InChI is InChI=1S/C19H18N8/c20-13-15-4-6-16(7-5-15)23-19-24-18(14-22-25-19)27-11-9-26(10-12-27)17-3-1-2-8-21-17/h1-8,14H,9-12H2,(H,23,24,25). The highest BCUT2D eigenvalue weighted by atomic mass is 15.3. The number of aromatic nitrogens is 4. The quantitative estimate of drug-likeness (QED) is 0.759. The highest BCUT2D eigenvalue weighted by Gasteiger charge is 2.19. The highest BCUT2D eigenvalue weighted by molar-refractivity contribution is 5.56. The van der Waals surface area contributed by atoms with Crippen LogP contribution in [0.25, 0.3) is 0 Å². The molecule has 0 bridgehead atoms. The SMILES string of the molecule is N#Cc1ccc(Nc2nncc(N3CCN(c4ccccn4)CC3)n2)cc1. The molecule has 27 heavy (non-hydrogen) atoms. The summed E-state index contributed by atoms with van der Waals surface area (Å²) in [5.41, 5.74) is 1.42. The van der Waals surface area contributed by atoms with E-state index >= 15 is 0 Å². The number of benzene rings is 1. The number of hydrogen-bond donors (Lipinski definition) is 1. The molecule has 0 spiro atoms. The van der Waals surface area contributed by atoms with E-state index in [9.17, 15) is 0 Å². The number of nitrogens with zero attached hydrogens (tertiary/aromatic N) is 7. The molecular weight excluding hydrogens is 340 g/mol. The van der Waals surface area contributed by atoms with E-state index in [0.29, 0.717) is 11.5 Å². The van der Waals surface area contributed by atoms with Gasteiger partial charge in [0.15, 0.2) is 5.82 Å². The summed E-state index contributed by atoms with van der Waals surface area (Å²) in [6.45, 7) is 3.43. The van der Waals surface area contributed by atoms with E-state index in [0.717, 1.165) is 43.5 Å². The van der Waals surface area contributed by atoms with Gasteiger partial charge >= 0.3 is 0 Å². The van der Waals surface area contributed by atoms with Crippen molar-refractivity contribution >= 4 is 23.3 Å². The summed E-state index contributed by atoms with van der Waals surface area (Å²) in [4.78, 5) is 13.4. The number of hydrogen-bond acceptors (Lipinski definition) is 8. The van der Waals surface area contributed by atoms with Crippen molar-refractivity contribution in [3.05, 3.63) is 60.4 Å². The maximum absolute atomic E-state index is 8.87. The van der Waals surface area contributed by atoms with E-state index < -0.39 is 0 Å². The molecule has 3 heterocycles. The average molecular weight is 358 g/mol. The van der Waals surface area contributed by atoms with E-state index in [4.69, 9.17) is 5.26 Å². The molecule has 134 valence electrons. The first-order valence-corrected chi connectivity index (χ1v) is 8.70. The lowest BCUT2D eigenvalue weighted by Gasteiger charge is -2.35. The van der Waals surface area contributed by atoms with Gasteiger partial charge in [-0.1, -0.05) is 6.07 Å². The van der Waals surface area contributed by atoms with Crippen LogP contribution < -0.4 is 15.1 Å². The molecule has 8 heteroatoms. The van der Waals surface area contributed by atoms with Gasteiger partial charge in [-0.05, 0) is 36.4 Å². The third kappa shape index (κ3) is 3.93. The minimum absolute atomic E-state index is 0.435. The average Bonchev–Trinajstić information content (AvgIpc) is 2.75. The van der Waals surface area contributed by atoms with E-state index in [1.165, 1.54) is 0 Å². The molecule has 0 aliphatic carbocycles. The largest absolute Gasteiger partial charge is 0.353 e.